The van der Waals surface area contributed by atoms with E-state index in [1.54, 1.807) is 0 Å². The molecule has 2 aliphatic rings. The number of esters is 1. The number of nitrogens with one attached hydrogen (secondary N) is 1. The summed E-state index contributed by atoms with van der Waals surface area (Å²) in [6.45, 7) is 0. The van der Waals surface area contributed by atoms with Crippen LogP contribution in [0.3, 0.4) is 0 Å². The van der Waals surface area contributed by atoms with Gasteiger partial charge in [-0.15, -0.1) is 11.8 Å². The van der Waals surface area contributed by atoms with Gasteiger partial charge in [0.2, 0.25) is 5.91 Å². The number of thioether (sulfide) groups is 1. The van der Waals surface area contributed by atoms with E-state index in [1.807, 2.05) is 30.3 Å². The number of rotatable bonds is 4. The molecule has 0 spiro atoms. The molecule has 0 saturated carbocycles. The Morgan fingerprint density at radius 3 is 2.75 bits per heavy atom. The van der Waals surface area contributed by atoms with Crippen molar-refractivity contribution in [1.29, 1.82) is 0 Å². The molecule has 2 aliphatic heterocycles. The number of nitrogens with zero attached hydrogens (tertiary/aromatic N) is 1. The minimum Gasteiger partial charge on any atom is -0.464 e. The lowest BCUT2D eigenvalue weighted by Gasteiger charge is -2.49. The Morgan fingerprint density at radius 1 is 1.38 bits per heavy atom. The Bertz CT molecular complexity index is 722. The standard InChI is InChI=1S/C16H15BrN2O4S/c1-23-16(22)13-10(17)8-24-15-12(14(21)19(13)15)18-11(20)7-9-5-3-2-4-6-9/h2-6,12,15H,7-8H2,1H3,(H,18,20). The van der Waals surface area contributed by atoms with Gasteiger partial charge in [0.25, 0.3) is 5.91 Å². The van der Waals surface area contributed by atoms with Crippen molar-refractivity contribution in [2.45, 2.75) is 17.8 Å². The molecule has 0 aromatic heterocycles. The second kappa shape index (κ2) is 6.98. The van der Waals surface area contributed by atoms with Crippen LogP contribution in [0.5, 0.6) is 0 Å². The van der Waals surface area contributed by atoms with E-state index in [0.29, 0.717) is 10.2 Å². The van der Waals surface area contributed by atoms with Crippen LogP contribution in [0.4, 0.5) is 0 Å². The van der Waals surface area contributed by atoms with Crippen LogP contribution in [0.15, 0.2) is 40.5 Å². The first-order chi connectivity index (χ1) is 11.5. The van der Waals surface area contributed by atoms with Gasteiger partial charge in [0.15, 0.2) is 0 Å². The number of halogens is 1. The summed E-state index contributed by atoms with van der Waals surface area (Å²) in [5.41, 5.74) is 1.10. The summed E-state index contributed by atoms with van der Waals surface area (Å²) >= 11 is 4.81. The highest BCUT2D eigenvalue weighted by atomic mass is 79.9. The van der Waals surface area contributed by atoms with E-state index in [9.17, 15) is 14.4 Å². The van der Waals surface area contributed by atoms with E-state index >= 15 is 0 Å². The third-order valence-electron chi connectivity index (χ3n) is 3.82. The second-order valence-corrected chi connectivity index (χ2v) is 7.42. The first-order valence-corrected chi connectivity index (χ1v) is 9.12. The highest BCUT2D eigenvalue weighted by Gasteiger charge is 2.54. The minimum absolute atomic E-state index is 0.214. The molecule has 1 aromatic rings. The lowest BCUT2D eigenvalue weighted by atomic mass is 10.0. The number of β-lactam (4-membered cyclic amide) rings is 1. The zero-order valence-corrected chi connectivity index (χ0v) is 15.2. The van der Waals surface area contributed by atoms with Crippen molar-refractivity contribution in [3.05, 3.63) is 46.1 Å². The van der Waals surface area contributed by atoms with Crippen molar-refractivity contribution in [3.63, 3.8) is 0 Å². The Balaban J connectivity index is 1.67. The molecule has 3 rings (SSSR count). The smallest absolute Gasteiger partial charge is 0.355 e. The molecule has 2 heterocycles. The molecule has 0 bridgehead atoms. The van der Waals surface area contributed by atoms with E-state index in [-0.39, 0.29) is 29.3 Å². The highest BCUT2D eigenvalue weighted by molar-refractivity contribution is 9.11. The van der Waals surface area contributed by atoms with Gasteiger partial charge in [0.05, 0.1) is 13.5 Å². The van der Waals surface area contributed by atoms with Crippen molar-refractivity contribution >= 4 is 45.5 Å². The zero-order valence-electron chi connectivity index (χ0n) is 12.8. The number of ether oxygens (including phenoxy) is 1. The maximum Gasteiger partial charge on any atom is 0.355 e. The van der Waals surface area contributed by atoms with E-state index in [2.05, 4.69) is 21.2 Å². The van der Waals surface area contributed by atoms with Crippen LogP contribution in [0, 0.1) is 0 Å². The molecule has 1 aromatic carbocycles. The molecule has 24 heavy (non-hydrogen) atoms. The van der Waals surface area contributed by atoms with Crippen LogP contribution in [0.1, 0.15) is 5.56 Å². The van der Waals surface area contributed by atoms with Crippen LogP contribution in [0.25, 0.3) is 0 Å². The molecule has 126 valence electrons. The van der Waals surface area contributed by atoms with E-state index in [4.69, 9.17) is 4.74 Å². The molecule has 2 amide bonds. The number of amides is 2. The number of carbonyl (C=O) groups excluding carboxylic acids is 3. The highest BCUT2D eigenvalue weighted by Crippen LogP contribution is 2.42. The molecule has 8 heteroatoms. The number of carbonyl (C=O) groups is 3. The number of benzene rings is 1. The Hall–Kier alpha value is -1.80. The fourth-order valence-electron chi connectivity index (χ4n) is 2.67. The Labute approximate surface area is 151 Å². The van der Waals surface area contributed by atoms with Gasteiger partial charge in [-0.2, -0.15) is 0 Å². The summed E-state index contributed by atoms with van der Waals surface area (Å²) in [6.07, 6.45) is 0.214. The van der Waals surface area contributed by atoms with Gasteiger partial charge < -0.3 is 10.1 Å². The largest absolute Gasteiger partial charge is 0.464 e. The lowest BCUT2D eigenvalue weighted by Crippen LogP contribution is -2.70. The lowest BCUT2D eigenvalue weighted by molar-refractivity contribution is -0.151. The van der Waals surface area contributed by atoms with Gasteiger partial charge in [-0.1, -0.05) is 46.3 Å². The van der Waals surface area contributed by atoms with Crippen molar-refractivity contribution in [2.24, 2.45) is 0 Å². The number of hydrogen-bond acceptors (Lipinski definition) is 5. The SMILES string of the molecule is COC(=O)C1=C(Br)CSC2C(NC(=O)Cc3ccccc3)C(=O)N12. The Morgan fingerprint density at radius 2 is 2.08 bits per heavy atom. The van der Waals surface area contributed by atoms with Gasteiger partial charge in [-0.3, -0.25) is 14.5 Å². The van der Waals surface area contributed by atoms with Gasteiger partial charge >= 0.3 is 5.97 Å². The molecule has 1 N–H and O–H groups in total. The minimum atomic E-state index is -0.619. The number of methoxy groups -OCH3 is 1. The molecule has 1 fully saturated rings. The first kappa shape index (κ1) is 17.0. The van der Waals surface area contributed by atoms with Crippen molar-refractivity contribution in [2.75, 3.05) is 12.9 Å². The van der Waals surface area contributed by atoms with Gasteiger partial charge in [0.1, 0.15) is 17.1 Å². The van der Waals surface area contributed by atoms with E-state index in [1.165, 1.54) is 23.8 Å². The van der Waals surface area contributed by atoms with Crippen molar-refractivity contribution in [1.82, 2.24) is 10.2 Å². The van der Waals surface area contributed by atoms with Crippen LogP contribution in [0.2, 0.25) is 0 Å². The molecule has 2 unspecified atom stereocenters. The van der Waals surface area contributed by atoms with E-state index < -0.39 is 12.0 Å². The molecular formula is C16H15BrN2O4S. The predicted octanol–water partition coefficient (Wildman–Crippen LogP) is 1.41. The average Bonchev–Trinajstić information content (AvgIpc) is 2.59. The van der Waals surface area contributed by atoms with Crippen LogP contribution < -0.4 is 5.32 Å². The molecule has 2 atom stereocenters. The molecule has 0 aliphatic carbocycles. The first-order valence-electron chi connectivity index (χ1n) is 7.28. The average molecular weight is 411 g/mol. The summed E-state index contributed by atoms with van der Waals surface area (Å²) in [5.74, 6) is -0.530. The summed E-state index contributed by atoms with van der Waals surface area (Å²) in [7, 11) is 1.27. The Kier molecular flexibility index (Phi) is 4.96. The van der Waals surface area contributed by atoms with Crippen molar-refractivity contribution < 1.29 is 19.1 Å². The quantitative estimate of drug-likeness (QED) is 0.599. The second-order valence-electron chi connectivity index (χ2n) is 5.36. The maximum absolute atomic E-state index is 12.4. The topological polar surface area (TPSA) is 75.7 Å². The summed E-state index contributed by atoms with van der Waals surface area (Å²) in [6, 6.07) is 8.71. The van der Waals surface area contributed by atoms with Crippen molar-refractivity contribution in [3.8, 4) is 0 Å². The molecular weight excluding hydrogens is 396 g/mol. The number of fused-ring (bicyclic) bond motifs is 1. The van der Waals surface area contributed by atoms with E-state index in [0.717, 1.165) is 5.56 Å². The van der Waals surface area contributed by atoms with Gasteiger partial charge in [0, 0.05) is 10.2 Å². The van der Waals surface area contributed by atoms with Crippen LogP contribution >= 0.6 is 27.7 Å². The molecule has 6 nitrogen and oxygen atoms in total. The fourth-order valence-corrected chi connectivity index (χ4v) is 4.61. The summed E-state index contributed by atoms with van der Waals surface area (Å²) < 4.78 is 5.36. The van der Waals surface area contributed by atoms with Crippen LogP contribution in [-0.2, 0) is 25.5 Å². The summed E-state index contributed by atoms with van der Waals surface area (Å²) in [4.78, 5) is 37.8. The third kappa shape index (κ3) is 3.08. The third-order valence-corrected chi connectivity index (χ3v) is 6.13. The fraction of sp³-hybridized carbons (Fsp3) is 0.312. The summed E-state index contributed by atoms with van der Waals surface area (Å²) in [5, 5.41) is 2.48. The van der Waals surface area contributed by atoms with Gasteiger partial charge in [-0.25, -0.2) is 4.79 Å². The van der Waals surface area contributed by atoms with Crippen LogP contribution in [-0.4, -0.2) is 47.0 Å². The molecule has 1 saturated heterocycles. The zero-order chi connectivity index (χ0) is 17.3. The maximum atomic E-state index is 12.4. The monoisotopic (exact) mass is 410 g/mol. The predicted molar refractivity (Wildman–Crippen MR) is 93.1 cm³/mol. The van der Waals surface area contributed by atoms with Gasteiger partial charge in [-0.05, 0) is 5.56 Å². The normalized spacial score (nSPS) is 22.6. The molecule has 0 radical (unpaired) electrons. The number of hydrogen-bond donors (Lipinski definition) is 1.